The zero-order valence-corrected chi connectivity index (χ0v) is 18.0. The summed E-state index contributed by atoms with van der Waals surface area (Å²) in [7, 11) is 0.504. The molecule has 0 atom stereocenters. The van der Waals surface area contributed by atoms with Gasteiger partial charge in [-0.2, -0.15) is 0 Å². The lowest BCUT2D eigenvalue weighted by atomic mass is 10.2. The zero-order chi connectivity index (χ0) is 21.9. The van der Waals surface area contributed by atoms with E-state index in [-0.39, 0.29) is 23.0 Å². The third-order valence-corrected chi connectivity index (χ3v) is 6.28. The Hall–Kier alpha value is -3.17. The Morgan fingerprint density at radius 1 is 1.17 bits per heavy atom. The SMILES string of the molecule is COc1ccc(NC(=O)Cc2nc(-c3ccccc3)oc2C)cc1S(=O)(=O)N(C)C. The van der Waals surface area contributed by atoms with Crippen LogP contribution in [0.5, 0.6) is 5.75 Å². The van der Waals surface area contributed by atoms with Gasteiger partial charge >= 0.3 is 0 Å². The second-order valence-corrected chi connectivity index (χ2v) is 8.89. The van der Waals surface area contributed by atoms with Crippen LogP contribution in [0.3, 0.4) is 0 Å². The zero-order valence-electron chi connectivity index (χ0n) is 17.2. The summed E-state index contributed by atoms with van der Waals surface area (Å²) in [6.07, 6.45) is -0.00996. The van der Waals surface area contributed by atoms with Crippen molar-refractivity contribution in [3.63, 3.8) is 0 Å². The predicted octanol–water partition coefficient (Wildman–Crippen LogP) is 3.09. The van der Waals surface area contributed by atoms with Crippen molar-refractivity contribution in [3.8, 4) is 17.2 Å². The number of sulfonamides is 1. The highest BCUT2D eigenvalue weighted by Gasteiger charge is 2.23. The Bertz CT molecular complexity index is 1150. The minimum Gasteiger partial charge on any atom is -0.495 e. The van der Waals surface area contributed by atoms with Gasteiger partial charge in [0, 0.05) is 25.3 Å². The van der Waals surface area contributed by atoms with Gasteiger partial charge in [-0.05, 0) is 37.3 Å². The third-order valence-electron chi connectivity index (χ3n) is 4.45. The number of carbonyl (C=O) groups is 1. The first-order valence-corrected chi connectivity index (χ1v) is 10.6. The number of amides is 1. The Kier molecular flexibility index (Phi) is 6.23. The van der Waals surface area contributed by atoms with Gasteiger partial charge in [-0.3, -0.25) is 4.79 Å². The van der Waals surface area contributed by atoms with Crippen molar-refractivity contribution in [1.82, 2.24) is 9.29 Å². The fourth-order valence-electron chi connectivity index (χ4n) is 2.81. The number of nitrogens with one attached hydrogen (secondary N) is 1. The summed E-state index contributed by atoms with van der Waals surface area (Å²) in [5.41, 5.74) is 1.67. The highest BCUT2D eigenvalue weighted by Crippen LogP contribution is 2.29. The lowest BCUT2D eigenvalue weighted by Gasteiger charge is -2.15. The average Bonchev–Trinajstić information content (AvgIpc) is 3.08. The first kappa shape index (κ1) is 21.5. The van der Waals surface area contributed by atoms with Crippen LogP contribution in [0.2, 0.25) is 0 Å². The number of methoxy groups -OCH3 is 1. The van der Waals surface area contributed by atoms with E-state index in [0.29, 0.717) is 23.0 Å². The summed E-state index contributed by atoms with van der Waals surface area (Å²) in [5, 5.41) is 2.71. The van der Waals surface area contributed by atoms with Crippen molar-refractivity contribution in [2.75, 3.05) is 26.5 Å². The normalized spacial score (nSPS) is 11.5. The number of aryl methyl sites for hydroxylation is 1. The summed E-state index contributed by atoms with van der Waals surface area (Å²) in [6.45, 7) is 1.75. The van der Waals surface area contributed by atoms with Gasteiger partial charge in [-0.15, -0.1) is 0 Å². The van der Waals surface area contributed by atoms with Crippen LogP contribution in [0.4, 0.5) is 5.69 Å². The molecular weight excluding hydrogens is 406 g/mol. The molecule has 0 radical (unpaired) electrons. The van der Waals surface area contributed by atoms with Gasteiger partial charge in [0.2, 0.25) is 21.8 Å². The van der Waals surface area contributed by atoms with Crippen LogP contribution in [0.25, 0.3) is 11.5 Å². The van der Waals surface area contributed by atoms with Crippen molar-refractivity contribution in [1.29, 1.82) is 0 Å². The van der Waals surface area contributed by atoms with E-state index in [9.17, 15) is 13.2 Å². The maximum Gasteiger partial charge on any atom is 0.246 e. The lowest BCUT2D eigenvalue weighted by Crippen LogP contribution is -2.23. The van der Waals surface area contributed by atoms with Crippen LogP contribution in [-0.2, 0) is 21.2 Å². The van der Waals surface area contributed by atoms with Gasteiger partial charge < -0.3 is 14.5 Å². The topological polar surface area (TPSA) is 102 Å². The molecule has 0 aliphatic rings. The van der Waals surface area contributed by atoms with Crippen LogP contribution in [0.15, 0.2) is 57.8 Å². The standard InChI is InChI=1S/C21H23N3O5S/c1-14-17(23-21(29-14)15-8-6-5-7-9-15)13-20(25)22-16-10-11-18(28-4)19(12-16)30(26,27)24(2)3/h5-12H,13H2,1-4H3,(H,22,25). The van der Waals surface area contributed by atoms with E-state index in [0.717, 1.165) is 9.87 Å². The van der Waals surface area contributed by atoms with E-state index < -0.39 is 10.0 Å². The van der Waals surface area contributed by atoms with Gasteiger partial charge in [0.25, 0.3) is 0 Å². The van der Waals surface area contributed by atoms with Crippen molar-refractivity contribution in [3.05, 3.63) is 60.0 Å². The van der Waals surface area contributed by atoms with Crippen LogP contribution in [-0.4, -0.2) is 44.8 Å². The number of anilines is 1. The molecule has 0 fully saturated rings. The molecule has 0 unspecified atom stereocenters. The van der Waals surface area contributed by atoms with Crippen molar-refractivity contribution >= 4 is 21.6 Å². The maximum atomic E-state index is 12.5. The Balaban J connectivity index is 1.80. The largest absolute Gasteiger partial charge is 0.495 e. The first-order chi connectivity index (χ1) is 14.2. The van der Waals surface area contributed by atoms with Crippen molar-refractivity contribution < 1.29 is 22.4 Å². The number of hydrogen-bond acceptors (Lipinski definition) is 6. The van der Waals surface area contributed by atoms with Crippen LogP contribution >= 0.6 is 0 Å². The summed E-state index contributed by atoms with van der Waals surface area (Å²) in [5.74, 6) is 0.847. The van der Waals surface area contributed by atoms with Crippen molar-refractivity contribution in [2.24, 2.45) is 0 Å². The predicted molar refractivity (Wildman–Crippen MR) is 113 cm³/mol. The quantitative estimate of drug-likeness (QED) is 0.619. The fraction of sp³-hybridized carbons (Fsp3) is 0.238. The number of benzene rings is 2. The number of ether oxygens (including phenoxy) is 1. The third kappa shape index (κ3) is 4.52. The van der Waals surface area contributed by atoms with Crippen LogP contribution < -0.4 is 10.1 Å². The molecule has 2 aromatic carbocycles. The number of aromatic nitrogens is 1. The highest BCUT2D eigenvalue weighted by molar-refractivity contribution is 7.89. The molecule has 1 N–H and O–H groups in total. The Morgan fingerprint density at radius 2 is 1.87 bits per heavy atom. The first-order valence-electron chi connectivity index (χ1n) is 9.14. The van der Waals surface area contributed by atoms with Crippen LogP contribution in [0.1, 0.15) is 11.5 Å². The minimum absolute atomic E-state index is 0.00996. The molecule has 0 saturated carbocycles. The van der Waals surface area contributed by atoms with Gasteiger partial charge in [-0.1, -0.05) is 18.2 Å². The molecule has 30 heavy (non-hydrogen) atoms. The van der Waals surface area contributed by atoms with E-state index in [4.69, 9.17) is 9.15 Å². The van der Waals surface area contributed by atoms with E-state index in [1.165, 1.54) is 33.3 Å². The van der Waals surface area contributed by atoms with E-state index in [1.54, 1.807) is 13.0 Å². The second-order valence-electron chi connectivity index (χ2n) is 6.77. The summed E-state index contributed by atoms with van der Waals surface area (Å²) in [4.78, 5) is 16.9. The minimum atomic E-state index is -3.74. The Labute approximate surface area is 175 Å². The lowest BCUT2D eigenvalue weighted by molar-refractivity contribution is -0.115. The van der Waals surface area contributed by atoms with Gasteiger partial charge in [0.05, 0.1) is 19.2 Å². The molecule has 8 nitrogen and oxygen atoms in total. The maximum absolute atomic E-state index is 12.5. The van der Waals surface area contributed by atoms with Crippen LogP contribution in [0, 0.1) is 6.92 Å². The molecule has 0 saturated heterocycles. The molecule has 0 spiro atoms. The van der Waals surface area contributed by atoms with E-state index in [1.807, 2.05) is 30.3 Å². The molecule has 0 aliphatic heterocycles. The van der Waals surface area contributed by atoms with E-state index >= 15 is 0 Å². The van der Waals surface area contributed by atoms with Gasteiger partial charge in [0.1, 0.15) is 16.4 Å². The molecule has 0 aliphatic carbocycles. The second kappa shape index (κ2) is 8.68. The smallest absolute Gasteiger partial charge is 0.246 e. The Morgan fingerprint density at radius 3 is 2.50 bits per heavy atom. The molecular formula is C21H23N3O5S. The monoisotopic (exact) mass is 429 g/mol. The summed E-state index contributed by atoms with van der Waals surface area (Å²) >= 11 is 0. The highest BCUT2D eigenvalue weighted by atomic mass is 32.2. The summed E-state index contributed by atoms with van der Waals surface area (Å²) < 4.78 is 37.0. The molecule has 158 valence electrons. The molecule has 1 aromatic heterocycles. The molecule has 1 heterocycles. The van der Waals surface area contributed by atoms with Crippen molar-refractivity contribution in [2.45, 2.75) is 18.2 Å². The molecule has 3 rings (SSSR count). The number of oxazole rings is 1. The van der Waals surface area contributed by atoms with Gasteiger partial charge in [0.15, 0.2) is 0 Å². The fourth-order valence-corrected chi connectivity index (χ4v) is 3.88. The molecule has 1 amide bonds. The number of hydrogen-bond donors (Lipinski definition) is 1. The number of rotatable bonds is 7. The van der Waals surface area contributed by atoms with Gasteiger partial charge in [-0.25, -0.2) is 17.7 Å². The molecule has 9 heteroatoms. The summed E-state index contributed by atoms with van der Waals surface area (Å²) in [6, 6.07) is 13.9. The molecule has 3 aromatic rings. The average molecular weight is 429 g/mol. The number of nitrogens with zero attached hydrogens (tertiary/aromatic N) is 2. The molecule has 0 bridgehead atoms. The number of carbonyl (C=O) groups excluding carboxylic acids is 1. The van der Waals surface area contributed by atoms with E-state index in [2.05, 4.69) is 10.3 Å².